The van der Waals surface area contributed by atoms with Gasteiger partial charge in [0, 0.05) is 10.7 Å². The predicted molar refractivity (Wildman–Crippen MR) is 78.5 cm³/mol. The number of aromatic nitrogens is 1. The van der Waals surface area contributed by atoms with E-state index in [1.54, 1.807) is 0 Å². The van der Waals surface area contributed by atoms with Gasteiger partial charge in [0.25, 0.3) is 10.0 Å². The van der Waals surface area contributed by atoms with Crippen molar-refractivity contribution in [2.75, 3.05) is 10.5 Å². The lowest BCUT2D eigenvalue weighted by Gasteiger charge is -2.11. The summed E-state index contributed by atoms with van der Waals surface area (Å²) in [5, 5.41) is -0.128. The molecular weight excluding hydrogens is 392 g/mol. The minimum absolute atomic E-state index is 0.0617. The van der Waals surface area contributed by atoms with Crippen LogP contribution < -0.4 is 10.5 Å². The lowest BCUT2D eigenvalue weighted by atomic mass is 10.3. The molecule has 0 saturated heterocycles. The lowest BCUT2D eigenvalue weighted by Crippen LogP contribution is -2.16. The molecule has 0 radical (unpaired) electrons. The van der Waals surface area contributed by atoms with E-state index >= 15 is 0 Å². The molecule has 2 rings (SSSR count). The number of rotatable bonds is 3. The minimum atomic E-state index is -4.34. The highest BCUT2D eigenvalue weighted by molar-refractivity contribution is 9.10. The van der Waals surface area contributed by atoms with Crippen molar-refractivity contribution >= 4 is 48.9 Å². The van der Waals surface area contributed by atoms with Gasteiger partial charge in [-0.05, 0) is 34.1 Å². The van der Waals surface area contributed by atoms with E-state index in [-0.39, 0.29) is 10.8 Å². The molecule has 0 unspecified atom stereocenters. The van der Waals surface area contributed by atoms with Crippen LogP contribution in [0.2, 0.25) is 5.15 Å². The molecule has 0 amide bonds. The Labute approximate surface area is 132 Å². The second-order valence-corrected chi connectivity index (χ2v) is 6.80. The maximum atomic E-state index is 13.8. The minimum Gasteiger partial charge on any atom is -0.394 e. The molecule has 21 heavy (non-hydrogen) atoms. The van der Waals surface area contributed by atoms with Gasteiger partial charge in [-0.2, -0.15) is 0 Å². The van der Waals surface area contributed by atoms with Crippen LogP contribution in [0.5, 0.6) is 0 Å². The third-order valence-electron chi connectivity index (χ3n) is 2.43. The van der Waals surface area contributed by atoms with Gasteiger partial charge in [0.1, 0.15) is 16.4 Å². The standard InChI is InChI=1S/C11H7BrClF2N3O2S/c12-5-3-7(11(13)17-4-5)18-21(19,20)8-2-1-6(14)10(16)9(8)15/h1-4,18H,16H2. The fourth-order valence-corrected chi connectivity index (χ4v) is 3.14. The van der Waals surface area contributed by atoms with Gasteiger partial charge in [-0.15, -0.1) is 0 Å². The van der Waals surface area contributed by atoms with Crippen LogP contribution in [-0.2, 0) is 10.0 Å². The van der Waals surface area contributed by atoms with Crippen molar-refractivity contribution in [3.05, 3.63) is 45.7 Å². The first-order chi connectivity index (χ1) is 9.72. The summed E-state index contributed by atoms with van der Waals surface area (Å²) in [6.07, 6.45) is 1.36. The summed E-state index contributed by atoms with van der Waals surface area (Å²) in [5.74, 6) is -2.42. The zero-order valence-electron chi connectivity index (χ0n) is 10.1. The second-order valence-electron chi connectivity index (χ2n) is 3.87. The van der Waals surface area contributed by atoms with E-state index in [1.807, 2.05) is 0 Å². The van der Waals surface area contributed by atoms with Gasteiger partial charge in [0.05, 0.1) is 5.69 Å². The Bertz CT molecular complexity index is 817. The molecule has 0 aliphatic heterocycles. The summed E-state index contributed by atoms with van der Waals surface area (Å²) in [6, 6.07) is 2.87. The van der Waals surface area contributed by atoms with Gasteiger partial charge in [0.2, 0.25) is 0 Å². The maximum absolute atomic E-state index is 13.8. The van der Waals surface area contributed by atoms with Crippen LogP contribution in [0.15, 0.2) is 33.8 Å². The normalized spacial score (nSPS) is 11.4. The Morgan fingerprint density at radius 3 is 2.67 bits per heavy atom. The number of anilines is 2. The van der Waals surface area contributed by atoms with E-state index in [0.717, 1.165) is 12.1 Å². The van der Waals surface area contributed by atoms with Crippen LogP contribution in [0, 0.1) is 11.6 Å². The third-order valence-corrected chi connectivity index (χ3v) is 4.55. The van der Waals surface area contributed by atoms with Gasteiger partial charge in [-0.1, -0.05) is 11.6 Å². The summed E-state index contributed by atoms with van der Waals surface area (Å²) in [4.78, 5) is 2.93. The molecular formula is C11H7BrClF2N3O2S. The smallest absolute Gasteiger partial charge is 0.265 e. The predicted octanol–water partition coefficient (Wildman–Crippen LogP) is 3.16. The van der Waals surface area contributed by atoms with E-state index in [4.69, 9.17) is 17.3 Å². The van der Waals surface area contributed by atoms with Crippen LogP contribution in [-0.4, -0.2) is 13.4 Å². The van der Waals surface area contributed by atoms with E-state index in [9.17, 15) is 17.2 Å². The van der Waals surface area contributed by atoms with Crippen molar-refractivity contribution in [1.82, 2.24) is 4.98 Å². The van der Waals surface area contributed by atoms with Crippen LogP contribution in [0.25, 0.3) is 0 Å². The number of nitrogens with zero attached hydrogens (tertiary/aromatic N) is 1. The molecule has 1 aromatic heterocycles. The molecule has 0 spiro atoms. The second kappa shape index (κ2) is 5.74. The molecule has 0 aliphatic rings. The van der Waals surface area contributed by atoms with Gasteiger partial charge >= 0.3 is 0 Å². The number of halogens is 4. The number of sulfonamides is 1. The molecule has 112 valence electrons. The third kappa shape index (κ3) is 3.25. The molecule has 3 N–H and O–H groups in total. The molecule has 0 bridgehead atoms. The van der Waals surface area contributed by atoms with Crippen LogP contribution >= 0.6 is 27.5 Å². The number of nitrogens with two attached hydrogens (primary N) is 1. The first kappa shape index (κ1) is 15.9. The van der Waals surface area contributed by atoms with E-state index in [0.29, 0.717) is 4.47 Å². The first-order valence-electron chi connectivity index (χ1n) is 5.29. The SMILES string of the molecule is Nc1c(F)ccc(S(=O)(=O)Nc2cc(Br)cnc2Cl)c1F. The Kier molecular flexibility index (Phi) is 4.35. The zero-order chi connectivity index (χ0) is 15.8. The molecule has 2 aromatic rings. The average Bonchev–Trinajstić information content (AvgIpc) is 2.39. The molecule has 0 saturated carbocycles. The van der Waals surface area contributed by atoms with Gasteiger partial charge in [-0.3, -0.25) is 4.72 Å². The van der Waals surface area contributed by atoms with Gasteiger partial charge < -0.3 is 5.73 Å². The van der Waals surface area contributed by atoms with E-state index < -0.39 is 32.2 Å². The Morgan fingerprint density at radius 1 is 1.33 bits per heavy atom. The molecule has 1 aromatic carbocycles. The largest absolute Gasteiger partial charge is 0.394 e. The fourth-order valence-electron chi connectivity index (χ4n) is 1.45. The maximum Gasteiger partial charge on any atom is 0.265 e. The molecule has 0 atom stereocenters. The van der Waals surface area contributed by atoms with Crippen molar-refractivity contribution < 1.29 is 17.2 Å². The first-order valence-corrected chi connectivity index (χ1v) is 7.95. The summed E-state index contributed by atoms with van der Waals surface area (Å²) >= 11 is 8.84. The molecule has 10 heteroatoms. The Balaban J connectivity index is 2.49. The topological polar surface area (TPSA) is 85.1 Å². The summed E-state index contributed by atoms with van der Waals surface area (Å²) < 4.78 is 53.6. The van der Waals surface area contributed by atoms with Crippen LogP contribution in [0.3, 0.4) is 0 Å². The van der Waals surface area contributed by atoms with Gasteiger partial charge in [0.15, 0.2) is 11.0 Å². The highest BCUT2D eigenvalue weighted by Crippen LogP contribution is 2.28. The number of pyridine rings is 1. The van der Waals surface area contributed by atoms with Crippen molar-refractivity contribution in [1.29, 1.82) is 0 Å². The number of hydrogen-bond donors (Lipinski definition) is 2. The Hall–Kier alpha value is -1.45. The molecule has 1 heterocycles. The van der Waals surface area contributed by atoms with E-state index in [1.165, 1.54) is 12.3 Å². The lowest BCUT2D eigenvalue weighted by molar-refractivity contribution is 0.557. The highest BCUT2D eigenvalue weighted by atomic mass is 79.9. The molecule has 5 nitrogen and oxygen atoms in total. The zero-order valence-corrected chi connectivity index (χ0v) is 13.2. The van der Waals surface area contributed by atoms with Crippen molar-refractivity contribution in [3.8, 4) is 0 Å². The quantitative estimate of drug-likeness (QED) is 0.614. The fraction of sp³-hybridized carbons (Fsp3) is 0. The monoisotopic (exact) mass is 397 g/mol. The van der Waals surface area contributed by atoms with Crippen molar-refractivity contribution in [3.63, 3.8) is 0 Å². The Morgan fingerprint density at radius 2 is 2.00 bits per heavy atom. The van der Waals surface area contributed by atoms with Crippen molar-refractivity contribution in [2.24, 2.45) is 0 Å². The number of hydrogen-bond acceptors (Lipinski definition) is 4. The number of benzene rings is 1. The highest BCUT2D eigenvalue weighted by Gasteiger charge is 2.23. The summed E-state index contributed by atoms with van der Waals surface area (Å²) in [6.45, 7) is 0. The van der Waals surface area contributed by atoms with Crippen molar-refractivity contribution in [2.45, 2.75) is 4.90 Å². The number of nitrogen functional groups attached to an aromatic ring is 1. The summed E-state index contributed by atoms with van der Waals surface area (Å²) in [5.41, 5.74) is 4.20. The van der Waals surface area contributed by atoms with Crippen LogP contribution in [0.4, 0.5) is 20.2 Å². The average molecular weight is 399 g/mol. The van der Waals surface area contributed by atoms with Gasteiger partial charge in [-0.25, -0.2) is 22.2 Å². The van der Waals surface area contributed by atoms with E-state index in [2.05, 4.69) is 25.6 Å². The number of nitrogens with one attached hydrogen (secondary N) is 1. The summed E-state index contributed by atoms with van der Waals surface area (Å²) in [7, 11) is -4.34. The van der Waals surface area contributed by atoms with Crippen LogP contribution in [0.1, 0.15) is 0 Å². The molecule has 0 fully saturated rings. The molecule has 0 aliphatic carbocycles.